The van der Waals surface area contributed by atoms with Crippen LogP contribution < -0.4 is 0 Å². The molecule has 0 saturated heterocycles. The number of aromatic hydroxyl groups is 1. The van der Waals surface area contributed by atoms with E-state index >= 15 is 0 Å². The number of halogens is 1. The van der Waals surface area contributed by atoms with Crippen molar-refractivity contribution in [2.45, 2.75) is 19.9 Å². The topological polar surface area (TPSA) is 43.8 Å². The summed E-state index contributed by atoms with van der Waals surface area (Å²) in [6, 6.07) is 4.65. The molecule has 1 N–H and O–H groups in total. The molecule has 1 amide bonds. The van der Waals surface area contributed by atoms with Gasteiger partial charge in [0.25, 0.3) is 5.91 Å². The predicted molar refractivity (Wildman–Crippen MR) is 77.8 cm³/mol. The number of amides is 1. The van der Waals surface area contributed by atoms with Crippen molar-refractivity contribution in [3.63, 3.8) is 0 Å². The molecular weight excluding hydrogens is 264 g/mol. The van der Waals surface area contributed by atoms with Crippen molar-refractivity contribution >= 4 is 17.5 Å². The SMILES string of the molecule is CCN(C(=O)c1ccc(O)c(Cl)c1)C(C)CN(C)C. The molecule has 1 aromatic rings. The second-order valence-electron chi connectivity index (χ2n) is 4.87. The van der Waals surface area contributed by atoms with E-state index in [2.05, 4.69) is 0 Å². The Morgan fingerprint density at radius 3 is 2.53 bits per heavy atom. The highest BCUT2D eigenvalue weighted by Crippen LogP contribution is 2.24. The van der Waals surface area contributed by atoms with E-state index in [9.17, 15) is 9.90 Å². The Kier molecular flexibility index (Phi) is 5.63. The highest BCUT2D eigenvalue weighted by molar-refractivity contribution is 6.32. The first kappa shape index (κ1) is 15.8. The van der Waals surface area contributed by atoms with E-state index in [4.69, 9.17) is 11.6 Å². The molecule has 1 atom stereocenters. The fraction of sp³-hybridized carbons (Fsp3) is 0.500. The van der Waals surface area contributed by atoms with Gasteiger partial charge in [-0.15, -0.1) is 0 Å². The van der Waals surface area contributed by atoms with Gasteiger partial charge in [0.15, 0.2) is 0 Å². The van der Waals surface area contributed by atoms with Gasteiger partial charge >= 0.3 is 0 Å². The molecule has 0 saturated carbocycles. The first-order chi connectivity index (χ1) is 8.86. The number of hydrogen-bond acceptors (Lipinski definition) is 3. The van der Waals surface area contributed by atoms with Crippen LogP contribution in [0.4, 0.5) is 0 Å². The highest BCUT2D eigenvalue weighted by atomic mass is 35.5. The lowest BCUT2D eigenvalue weighted by molar-refractivity contribution is 0.0679. The molecular formula is C14H21ClN2O2. The van der Waals surface area contributed by atoms with Gasteiger partial charge in [-0.3, -0.25) is 4.79 Å². The second kappa shape index (κ2) is 6.78. The van der Waals surface area contributed by atoms with Gasteiger partial charge in [0.2, 0.25) is 0 Å². The molecule has 0 radical (unpaired) electrons. The first-order valence-corrected chi connectivity index (χ1v) is 6.68. The van der Waals surface area contributed by atoms with Gasteiger partial charge in [-0.05, 0) is 46.1 Å². The highest BCUT2D eigenvalue weighted by Gasteiger charge is 2.21. The molecule has 5 heteroatoms. The summed E-state index contributed by atoms with van der Waals surface area (Å²) in [6.07, 6.45) is 0. The summed E-state index contributed by atoms with van der Waals surface area (Å²) >= 11 is 5.84. The van der Waals surface area contributed by atoms with Gasteiger partial charge in [0.05, 0.1) is 5.02 Å². The van der Waals surface area contributed by atoms with Crippen LogP contribution in [0.3, 0.4) is 0 Å². The van der Waals surface area contributed by atoms with E-state index in [0.29, 0.717) is 12.1 Å². The summed E-state index contributed by atoms with van der Waals surface area (Å²) < 4.78 is 0. The Hall–Kier alpha value is -1.26. The van der Waals surface area contributed by atoms with Crippen LogP contribution >= 0.6 is 11.6 Å². The first-order valence-electron chi connectivity index (χ1n) is 6.31. The molecule has 0 spiro atoms. The minimum Gasteiger partial charge on any atom is -0.506 e. The third kappa shape index (κ3) is 4.11. The van der Waals surface area contributed by atoms with Crippen LogP contribution in [0.25, 0.3) is 0 Å². The van der Waals surface area contributed by atoms with Crippen molar-refractivity contribution in [2.75, 3.05) is 27.2 Å². The monoisotopic (exact) mass is 284 g/mol. The second-order valence-corrected chi connectivity index (χ2v) is 5.28. The van der Waals surface area contributed by atoms with Crippen molar-refractivity contribution in [3.8, 4) is 5.75 Å². The number of hydrogen-bond donors (Lipinski definition) is 1. The molecule has 1 aromatic carbocycles. The fourth-order valence-corrected chi connectivity index (χ4v) is 2.27. The Morgan fingerprint density at radius 1 is 1.42 bits per heavy atom. The molecule has 4 nitrogen and oxygen atoms in total. The largest absolute Gasteiger partial charge is 0.506 e. The van der Waals surface area contributed by atoms with Gasteiger partial charge in [-0.1, -0.05) is 11.6 Å². The third-order valence-electron chi connectivity index (χ3n) is 2.96. The van der Waals surface area contributed by atoms with Crippen LogP contribution in [-0.2, 0) is 0 Å². The number of likely N-dealkylation sites (N-methyl/N-ethyl adjacent to an activating group) is 2. The van der Waals surface area contributed by atoms with E-state index in [-0.39, 0.29) is 22.7 Å². The Balaban J connectivity index is 2.91. The van der Waals surface area contributed by atoms with Crippen molar-refractivity contribution in [1.82, 2.24) is 9.80 Å². The predicted octanol–water partition coefficient (Wildman–Crippen LogP) is 2.46. The van der Waals surface area contributed by atoms with Crippen LogP contribution in [0.1, 0.15) is 24.2 Å². The number of benzene rings is 1. The summed E-state index contributed by atoms with van der Waals surface area (Å²) in [5, 5.41) is 9.58. The van der Waals surface area contributed by atoms with Crippen molar-refractivity contribution in [2.24, 2.45) is 0 Å². The van der Waals surface area contributed by atoms with E-state index in [0.717, 1.165) is 6.54 Å². The average Bonchev–Trinajstić information content (AvgIpc) is 2.32. The fourth-order valence-electron chi connectivity index (χ4n) is 2.09. The molecule has 0 aromatic heterocycles. The smallest absolute Gasteiger partial charge is 0.254 e. The van der Waals surface area contributed by atoms with Gasteiger partial charge in [0.1, 0.15) is 5.75 Å². The summed E-state index contributed by atoms with van der Waals surface area (Å²) in [7, 11) is 3.96. The molecule has 0 aliphatic carbocycles. The minimum atomic E-state index is -0.0706. The molecule has 0 bridgehead atoms. The maximum atomic E-state index is 12.4. The number of nitrogens with zero attached hydrogens (tertiary/aromatic N) is 2. The third-order valence-corrected chi connectivity index (χ3v) is 3.26. The molecule has 0 heterocycles. The quantitative estimate of drug-likeness (QED) is 0.903. The van der Waals surface area contributed by atoms with Crippen LogP contribution in [0, 0.1) is 0 Å². The van der Waals surface area contributed by atoms with Gasteiger partial charge in [0, 0.05) is 24.7 Å². The zero-order valence-electron chi connectivity index (χ0n) is 11.9. The molecule has 0 aliphatic heterocycles. The Morgan fingerprint density at radius 2 is 2.05 bits per heavy atom. The lowest BCUT2D eigenvalue weighted by Gasteiger charge is -2.30. The van der Waals surface area contributed by atoms with E-state index < -0.39 is 0 Å². The van der Waals surface area contributed by atoms with Crippen molar-refractivity contribution < 1.29 is 9.90 Å². The normalized spacial score (nSPS) is 12.5. The Labute approximate surface area is 119 Å². The average molecular weight is 285 g/mol. The Bertz CT molecular complexity index is 449. The van der Waals surface area contributed by atoms with Crippen molar-refractivity contribution in [1.29, 1.82) is 0 Å². The number of carbonyl (C=O) groups excluding carboxylic acids is 1. The molecule has 19 heavy (non-hydrogen) atoms. The number of carbonyl (C=O) groups is 1. The standard InChI is InChI=1S/C14H21ClN2O2/c1-5-17(10(2)9-16(3)4)14(19)11-6-7-13(18)12(15)8-11/h6-8,10,18H,5,9H2,1-4H3. The van der Waals surface area contributed by atoms with E-state index in [1.54, 1.807) is 11.0 Å². The summed E-state index contributed by atoms with van der Waals surface area (Å²) in [5.41, 5.74) is 0.496. The van der Waals surface area contributed by atoms with E-state index in [1.807, 2.05) is 32.8 Å². The van der Waals surface area contributed by atoms with E-state index in [1.165, 1.54) is 12.1 Å². The number of phenolic OH excluding ortho intramolecular Hbond substituents is 1. The number of phenols is 1. The summed E-state index contributed by atoms with van der Waals surface area (Å²) in [5.74, 6) is -0.0821. The summed E-state index contributed by atoms with van der Waals surface area (Å²) in [4.78, 5) is 16.3. The van der Waals surface area contributed by atoms with Gasteiger partial charge in [-0.2, -0.15) is 0 Å². The maximum Gasteiger partial charge on any atom is 0.254 e. The lowest BCUT2D eigenvalue weighted by atomic mass is 10.1. The van der Waals surface area contributed by atoms with Gasteiger partial charge in [-0.25, -0.2) is 0 Å². The van der Waals surface area contributed by atoms with Crippen LogP contribution in [0.15, 0.2) is 18.2 Å². The minimum absolute atomic E-state index is 0.0115. The molecule has 1 rings (SSSR count). The molecule has 0 aliphatic rings. The maximum absolute atomic E-state index is 12.4. The molecule has 1 unspecified atom stereocenters. The van der Waals surface area contributed by atoms with Crippen molar-refractivity contribution in [3.05, 3.63) is 28.8 Å². The zero-order valence-corrected chi connectivity index (χ0v) is 12.6. The van der Waals surface area contributed by atoms with Crippen LogP contribution in [0.2, 0.25) is 5.02 Å². The van der Waals surface area contributed by atoms with Gasteiger partial charge < -0.3 is 14.9 Å². The van der Waals surface area contributed by atoms with Crippen LogP contribution in [-0.4, -0.2) is 54.0 Å². The zero-order chi connectivity index (χ0) is 14.6. The molecule has 106 valence electrons. The number of rotatable bonds is 5. The van der Waals surface area contributed by atoms with Crippen LogP contribution in [0.5, 0.6) is 5.75 Å². The molecule has 0 fully saturated rings. The summed E-state index contributed by atoms with van der Waals surface area (Å²) in [6.45, 7) is 5.40. The lowest BCUT2D eigenvalue weighted by Crippen LogP contribution is -2.43.